The predicted octanol–water partition coefficient (Wildman–Crippen LogP) is 5.90. The van der Waals surface area contributed by atoms with E-state index in [1.54, 1.807) is 28.9 Å². The number of nitrogens with one attached hydrogen (secondary N) is 1. The van der Waals surface area contributed by atoms with Crippen LogP contribution in [0.5, 0.6) is 0 Å². The van der Waals surface area contributed by atoms with Gasteiger partial charge in [-0.3, -0.25) is 4.79 Å². The summed E-state index contributed by atoms with van der Waals surface area (Å²) in [7, 11) is 0. The smallest absolute Gasteiger partial charge is 0.265 e. The third-order valence-corrected chi connectivity index (χ3v) is 5.63. The van der Waals surface area contributed by atoms with Gasteiger partial charge in [0.05, 0.1) is 17.6 Å². The summed E-state index contributed by atoms with van der Waals surface area (Å²) in [5.74, 6) is -0.899. The summed E-state index contributed by atoms with van der Waals surface area (Å²) in [6.45, 7) is 2.00. The molecule has 5 aromatic rings. The second-order valence-corrected chi connectivity index (χ2v) is 7.86. The zero-order valence-corrected chi connectivity index (χ0v) is 18.4. The standard InChI is InChI=1S/C28H21FN4O/c1-19-9-2-7-16-26(19)33-27(23-14-8-12-20-10-3-5-13-22(20)23)17-25(32-33)28(34)31-30-18-21-11-4-6-15-24(21)29/h2-18H,1H3,(H,31,34)/b30-18-. The lowest BCUT2D eigenvalue weighted by molar-refractivity contribution is 0.0949. The molecule has 0 atom stereocenters. The normalized spacial score (nSPS) is 11.2. The Balaban J connectivity index is 1.57. The van der Waals surface area contributed by atoms with Gasteiger partial charge in [0.1, 0.15) is 5.82 Å². The van der Waals surface area contributed by atoms with Gasteiger partial charge in [-0.1, -0.05) is 78.9 Å². The Labute approximate surface area is 196 Å². The number of fused-ring (bicyclic) bond motifs is 1. The molecule has 0 fully saturated rings. The van der Waals surface area contributed by atoms with Gasteiger partial charge in [-0.25, -0.2) is 14.5 Å². The number of halogens is 1. The van der Waals surface area contributed by atoms with E-state index in [2.05, 4.69) is 33.8 Å². The van der Waals surface area contributed by atoms with Gasteiger partial charge in [-0.15, -0.1) is 0 Å². The fraction of sp³-hybridized carbons (Fsp3) is 0.0357. The van der Waals surface area contributed by atoms with Crippen LogP contribution in [0.3, 0.4) is 0 Å². The third-order valence-electron chi connectivity index (χ3n) is 5.63. The van der Waals surface area contributed by atoms with E-state index in [1.807, 2.05) is 55.5 Å². The highest BCUT2D eigenvalue weighted by atomic mass is 19.1. The van der Waals surface area contributed by atoms with Crippen molar-refractivity contribution in [1.29, 1.82) is 0 Å². The summed E-state index contributed by atoms with van der Waals surface area (Å²) < 4.78 is 15.6. The van der Waals surface area contributed by atoms with Gasteiger partial charge in [0.2, 0.25) is 0 Å². The van der Waals surface area contributed by atoms with Gasteiger partial charge in [0.25, 0.3) is 5.91 Å². The Hall–Kier alpha value is -4.58. The second-order valence-electron chi connectivity index (χ2n) is 7.86. The van der Waals surface area contributed by atoms with Crippen LogP contribution >= 0.6 is 0 Å². The van der Waals surface area contributed by atoms with Crippen LogP contribution < -0.4 is 5.43 Å². The number of carbonyl (C=O) groups excluding carboxylic acids is 1. The van der Waals surface area contributed by atoms with Crippen molar-refractivity contribution in [2.24, 2.45) is 5.10 Å². The molecule has 0 aliphatic heterocycles. The molecule has 4 aromatic carbocycles. The molecule has 0 aliphatic rings. The number of nitrogens with zero attached hydrogens (tertiary/aromatic N) is 3. The van der Waals surface area contributed by atoms with Crippen molar-refractivity contribution in [3.8, 4) is 16.9 Å². The van der Waals surface area contributed by atoms with E-state index in [4.69, 9.17) is 0 Å². The first-order valence-electron chi connectivity index (χ1n) is 10.8. The maximum Gasteiger partial charge on any atom is 0.291 e. The van der Waals surface area contributed by atoms with Crippen molar-refractivity contribution in [3.05, 3.63) is 120 Å². The molecule has 1 N–H and O–H groups in total. The summed E-state index contributed by atoms with van der Waals surface area (Å²) in [6, 6.07) is 30.0. The third kappa shape index (κ3) is 4.09. The molecule has 0 spiro atoms. The van der Waals surface area contributed by atoms with Crippen LogP contribution in [0.15, 0.2) is 102 Å². The topological polar surface area (TPSA) is 59.3 Å². The lowest BCUT2D eigenvalue weighted by atomic mass is 10.0. The first-order chi connectivity index (χ1) is 16.6. The number of hydrogen-bond acceptors (Lipinski definition) is 3. The SMILES string of the molecule is Cc1ccccc1-n1nc(C(=O)N/N=C\c2ccccc2F)cc1-c1cccc2ccccc12. The number of hydrogen-bond donors (Lipinski definition) is 1. The number of benzene rings is 4. The van der Waals surface area contributed by atoms with E-state index >= 15 is 0 Å². The number of para-hydroxylation sites is 1. The van der Waals surface area contributed by atoms with Crippen molar-refractivity contribution >= 4 is 22.9 Å². The first-order valence-corrected chi connectivity index (χ1v) is 10.8. The minimum atomic E-state index is -0.485. The van der Waals surface area contributed by atoms with Crippen LogP contribution in [0.4, 0.5) is 4.39 Å². The average molecular weight is 449 g/mol. The van der Waals surface area contributed by atoms with E-state index in [0.717, 1.165) is 33.3 Å². The van der Waals surface area contributed by atoms with E-state index in [1.165, 1.54) is 12.3 Å². The molecule has 34 heavy (non-hydrogen) atoms. The average Bonchev–Trinajstić information content (AvgIpc) is 3.30. The Kier molecular flexibility index (Phi) is 5.70. The number of aryl methyl sites for hydroxylation is 1. The van der Waals surface area contributed by atoms with Crippen LogP contribution in [0, 0.1) is 12.7 Å². The van der Waals surface area contributed by atoms with Gasteiger partial charge < -0.3 is 0 Å². The van der Waals surface area contributed by atoms with Crippen molar-refractivity contribution in [2.75, 3.05) is 0 Å². The first kappa shape index (κ1) is 21.3. The molecule has 1 heterocycles. The Bertz CT molecular complexity index is 1530. The van der Waals surface area contributed by atoms with Crippen LogP contribution in [0.2, 0.25) is 0 Å². The van der Waals surface area contributed by atoms with E-state index in [-0.39, 0.29) is 11.3 Å². The van der Waals surface area contributed by atoms with Crippen molar-refractivity contribution in [1.82, 2.24) is 15.2 Å². The van der Waals surface area contributed by atoms with E-state index in [0.29, 0.717) is 0 Å². The van der Waals surface area contributed by atoms with E-state index < -0.39 is 11.7 Å². The molecule has 0 unspecified atom stereocenters. The fourth-order valence-corrected chi connectivity index (χ4v) is 3.91. The predicted molar refractivity (Wildman–Crippen MR) is 133 cm³/mol. The zero-order chi connectivity index (χ0) is 23.5. The molecule has 0 saturated carbocycles. The summed E-state index contributed by atoms with van der Waals surface area (Å²) in [6.07, 6.45) is 1.27. The summed E-state index contributed by atoms with van der Waals surface area (Å²) >= 11 is 0. The Morgan fingerprint density at radius 1 is 0.941 bits per heavy atom. The maximum absolute atomic E-state index is 13.8. The van der Waals surface area contributed by atoms with Crippen LogP contribution in [-0.4, -0.2) is 21.9 Å². The summed E-state index contributed by atoms with van der Waals surface area (Å²) in [5, 5.41) is 10.7. The molecule has 166 valence electrons. The minimum Gasteiger partial charge on any atom is -0.265 e. The fourth-order valence-electron chi connectivity index (χ4n) is 3.91. The van der Waals surface area contributed by atoms with Gasteiger partial charge >= 0.3 is 0 Å². The number of hydrazone groups is 1. The second kappa shape index (κ2) is 9.11. The van der Waals surface area contributed by atoms with Crippen LogP contribution in [0.1, 0.15) is 21.6 Å². The molecule has 0 radical (unpaired) electrons. The van der Waals surface area contributed by atoms with Gasteiger partial charge in [0.15, 0.2) is 5.69 Å². The molecular weight excluding hydrogens is 427 g/mol. The molecule has 1 amide bonds. The van der Waals surface area contributed by atoms with Crippen LogP contribution in [0.25, 0.3) is 27.7 Å². The molecule has 5 nitrogen and oxygen atoms in total. The van der Waals surface area contributed by atoms with E-state index in [9.17, 15) is 9.18 Å². The van der Waals surface area contributed by atoms with Gasteiger partial charge in [-0.05, 0) is 41.5 Å². The highest BCUT2D eigenvalue weighted by Crippen LogP contribution is 2.31. The van der Waals surface area contributed by atoms with Crippen molar-refractivity contribution in [3.63, 3.8) is 0 Å². The highest BCUT2D eigenvalue weighted by Gasteiger charge is 2.19. The molecular formula is C28H21FN4O. The number of rotatable bonds is 5. The summed E-state index contributed by atoms with van der Waals surface area (Å²) in [5.41, 5.74) is 6.59. The number of amides is 1. The largest absolute Gasteiger partial charge is 0.291 e. The highest BCUT2D eigenvalue weighted by molar-refractivity contribution is 5.99. The van der Waals surface area contributed by atoms with Gasteiger partial charge in [-0.2, -0.15) is 10.2 Å². The molecule has 0 saturated heterocycles. The molecule has 0 aliphatic carbocycles. The lowest BCUT2D eigenvalue weighted by Crippen LogP contribution is -2.18. The van der Waals surface area contributed by atoms with Crippen molar-refractivity contribution in [2.45, 2.75) is 6.92 Å². The maximum atomic E-state index is 13.8. The molecule has 5 rings (SSSR count). The quantitative estimate of drug-likeness (QED) is 0.269. The Morgan fingerprint density at radius 2 is 1.68 bits per heavy atom. The number of carbonyl (C=O) groups is 1. The molecule has 0 bridgehead atoms. The minimum absolute atomic E-state index is 0.205. The van der Waals surface area contributed by atoms with Crippen LogP contribution in [-0.2, 0) is 0 Å². The molecule has 1 aromatic heterocycles. The monoisotopic (exact) mass is 448 g/mol. The van der Waals surface area contributed by atoms with Gasteiger partial charge in [0, 0.05) is 11.1 Å². The summed E-state index contributed by atoms with van der Waals surface area (Å²) in [4.78, 5) is 12.9. The molecule has 6 heteroatoms. The lowest BCUT2D eigenvalue weighted by Gasteiger charge is -2.12. The number of aromatic nitrogens is 2. The van der Waals surface area contributed by atoms with Crippen molar-refractivity contribution < 1.29 is 9.18 Å². The Morgan fingerprint density at radius 3 is 2.53 bits per heavy atom. The zero-order valence-electron chi connectivity index (χ0n) is 18.4.